The molecule has 22 heavy (non-hydrogen) atoms. The van der Waals surface area contributed by atoms with Crippen molar-refractivity contribution in [3.05, 3.63) is 60.0 Å². The second kappa shape index (κ2) is 5.25. The van der Waals surface area contributed by atoms with E-state index in [0.29, 0.717) is 5.69 Å². The molecule has 7 heteroatoms. The minimum Gasteiger partial charge on any atom is -0.211 e. The molecule has 3 rings (SSSR count). The molecule has 0 amide bonds. The lowest BCUT2D eigenvalue weighted by Gasteiger charge is -2.04. The van der Waals surface area contributed by atoms with Crippen molar-refractivity contribution in [1.29, 1.82) is 0 Å². The highest BCUT2D eigenvalue weighted by Crippen LogP contribution is 2.27. The molecular formula is C15H10F3N4. The summed E-state index contributed by atoms with van der Waals surface area (Å²) in [7, 11) is 0. The van der Waals surface area contributed by atoms with E-state index in [4.69, 9.17) is 0 Å². The molecule has 2 aromatic heterocycles. The summed E-state index contributed by atoms with van der Waals surface area (Å²) in [5.74, 6) is 0.0357. The maximum atomic E-state index is 12.6. The highest BCUT2D eigenvalue weighted by molar-refractivity contribution is 5.59. The van der Waals surface area contributed by atoms with Crippen LogP contribution in [0.5, 0.6) is 0 Å². The minimum atomic E-state index is -4.50. The van der Waals surface area contributed by atoms with Crippen LogP contribution in [0.3, 0.4) is 0 Å². The first-order valence-corrected chi connectivity index (χ1v) is 6.39. The number of rotatable bonds is 2. The predicted octanol–water partition coefficient (Wildman–Crippen LogP) is 3.46. The van der Waals surface area contributed by atoms with E-state index in [9.17, 15) is 13.2 Å². The van der Waals surface area contributed by atoms with Gasteiger partial charge in [-0.3, -0.25) is 0 Å². The van der Waals surface area contributed by atoms with Gasteiger partial charge in [0.2, 0.25) is 0 Å². The molecule has 0 aliphatic rings. The summed E-state index contributed by atoms with van der Waals surface area (Å²) < 4.78 is 38.7. The molecular weight excluding hydrogens is 293 g/mol. The SMILES string of the molecule is Cc1ccc(-c2c[c]nc(-n3ccc(C(F)(F)F)n3)n2)cc1. The Morgan fingerprint density at radius 2 is 1.82 bits per heavy atom. The fourth-order valence-corrected chi connectivity index (χ4v) is 1.88. The number of hydrogen-bond donors (Lipinski definition) is 0. The maximum absolute atomic E-state index is 12.6. The van der Waals surface area contributed by atoms with Crippen LogP contribution < -0.4 is 0 Å². The highest BCUT2D eigenvalue weighted by Gasteiger charge is 2.33. The van der Waals surface area contributed by atoms with Crippen LogP contribution in [0.4, 0.5) is 13.2 Å². The minimum absolute atomic E-state index is 0.0357. The van der Waals surface area contributed by atoms with Crippen LogP contribution in [-0.4, -0.2) is 19.7 Å². The second-order valence-electron chi connectivity index (χ2n) is 4.69. The zero-order valence-electron chi connectivity index (χ0n) is 11.5. The highest BCUT2D eigenvalue weighted by atomic mass is 19.4. The van der Waals surface area contributed by atoms with Gasteiger partial charge in [-0.25, -0.2) is 14.6 Å². The Hall–Kier alpha value is -2.70. The Balaban J connectivity index is 1.97. The Morgan fingerprint density at radius 1 is 1.09 bits per heavy atom. The van der Waals surface area contributed by atoms with E-state index >= 15 is 0 Å². The van der Waals surface area contributed by atoms with Gasteiger partial charge in [-0.15, -0.1) is 0 Å². The van der Waals surface area contributed by atoms with E-state index < -0.39 is 11.9 Å². The first-order valence-electron chi connectivity index (χ1n) is 6.39. The third kappa shape index (κ3) is 2.83. The van der Waals surface area contributed by atoms with Crippen molar-refractivity contribution < 1.29 is 13.2 Å². The van der Waals surface area contributed by atoms with Crippen LogP contribution >= 0.6 is 0 Å². The molecule has 0 fully saturated rings. The van der Waals surface area contributed by atoms with Crippen molar-refractivity contribution in [3.8, 4) is 17.2 Å². The molecule has 2 heterocycles. The Morgan fingerprint density at radius 3 is 2.45 bits per heavy atom. The van der Waals surface area contributed by atoms with Crippen molar-refractivity contribution in [3.63, 3.8) is 0 Å². The summed E-state index contributed by atoms with van der Waals surface area (Å²) in [5, 5.41) is 3.45. The zero-order valence-corrected chi connectivity index (χ0v) is 11.5. The summed E-state index contributed by atoms with van der Waals surface area (Å²) >= 11 is 0. The third-order valence-corrected chi connectivity index (χ3v) is 3.02. The molecule has 0 N–H and O–H groups in total. The van der Waals surface area contributed by atoms with Crippen LogP contribution in [0.2, 0.25) is 0 Å². The monoisotopic (exact) mass is 303 g/mol. The van der Waals surface area contributed by atoms with Gasteiger partial charge in [0.25, 0.3) is 5.95 Å². The maximum Gasteiger partial charge on any atom is 0.435 e. The van der Waals surface area contributed by atoms with Crippen LogP contribution in [-0.2, 0) is 6.18 Å². The molecule has 0 saturated carbocycles. The number of aryl methyl sites for hydroxylation is 1. The third-order valence-electron chi connectivity index (χ3n) is 3.02. The molecule has 0 atom stereocenters. The lowest BCUT2D eigenvalue weighted by Crippen LogP contribution is -2.08. The first-order chi connectivity index (χ1) is 10.4. The lowest BCUT2D eigenvalue weighted by atomic mass is 10.1. The lowest BCUT2D eigenvalue weighted by molar-refractivity contribution is -0.141. The second-order valence-corrected chi connectivity index (χ2v) is 4.69. The van der Waals surface area contributed by atoms with Gasteiger partial charge < -0.3 is 0 Å². The summed E-state index contributed by atoms with van der Waals surface area (Å²) in [6, 6.07) is 10.0. The van der Waals surface area contributed by atoms with E-state index in [-0.39, 0.29) is 5.95 Å². The van der Waals surface area contributed by atoms with Gasteiger partial charge in [-0.1, -0.05) is 29.8 Å². The van der Waals surface area contributed by atoms with Gasteiger partial charge in [0.1, 0.15) is 0 Å². The molecule has 0 saturated heterocycles. The molecule has 3 aromatic rings. The number of alkyl halides is 3. The quantitative estimate of drug-likeness (QED) is 0.728. The average Bonchev–Trinajstić information content (AvgIpc) is 2.98. The Labute approximate surface area is 124 Å². The topological polar surface area (TPSA) is 43.6 Å². The van der Waals surface area contributed by atoms with Gasteiger partial charge in [0.05, 0.1) is 11.9 Å². The molecule has 0 aliphatic carbocycles. The normalized spacial score (nSPS) is 11.6. The van der Waals surface area contributed by atoms with Crippen LogP contribution in [0.25, 0.3) is 17.2 Å². The standard InChI is InChI=1S/C15H10F3N4/c1-10-2-4-11(5-3-10)12-6-8-19-14(20-12)22-9-7-13(21-22)15(16,17)18/h2-7,9H,1H3. The summed E-state index contributed by atoms with van der Waals surface area (Å²) in [6.45, 7) is 1.96. The smallest absolute Gasteiger partial charge is 0.211 e. The van der Waals surface area contributed by atoms with Gasteiger partial charge in [-0.05, 0) is 19.1 Å². The number of hydrogen-bond acceptors (Lipinski definition) is 3. The van der Waals surface area contributed by atoms with E-state index in [2.05, 4.69) is 21.3 Å². The molecule has 0 spiro atoms. The molecule has 1 radical (unpaired) electrons. The van der Waals surface area contributed by atoms with Crippen molar-refractivity contribution in [1.82, 2.24) is 19.7 Å². The van der Waals surface area contributed by atoms with Crippen molar-refractivity contribution in [2.45, 2.75) is 13.1 Å². The molecule has 4 nitrogen and oxygen atoms in total. The largest absolute Gasteiger partial charge is 0.435 e. The molecule has 0 bridgehead atoms. The summed E-state index contributed by atoms with van der Waals surface area (Å²) in [4.78, 5) is 8.07. The average molecular weight is 303 g/mol. The van der Waals surface area contributed by atoms with Gasteiger partial charge in [0.15, 0.2) is 5.69 Å². The molecule has 111 valence electrons. The van der Waals surface area contributed by atoms with Crippen LogP contribution in [0, 0.1) is 13.1 Å². The number of benzene rings is 1. The summed E-state index contributed by atoms with van der Waals surface area (Å²) in [5.41, 5.74) is 1.50. The fraction of sp³-hybridized carbons (Fsp3) is 0.133. The number of nitrogens with zero attached hydrogens (tertiary/aromatic N) is 4. The van der Waals surface area contributed by atoms with Gasteiger partial charge in [0, 0.05) is 11.8 Å². The number of aromatic nitrogens is 4. The summed E-state index contributed by atoms with van der Waals surface area (Å²) in [6.07, 6.45) is -0.690. The van der Waals surface area contributed by atoms with E-state index in [1.54, 1.807) is 6.07 Å². The van der Waals surface area contributed by atoms with Crippen molar-refractivity contribution in [2.75, 3.05) is 0 Å². The Kier molecular flexibility index (Phi) is 3.40. The zero-order chi connectivity index (χ0) is 15.7. The number of halogens is 3. The van der Waals surface area contributed by atoms with E-state index in [1.807, 2.05) is 31.2 Å². The molecule has 1 aromatic carbocycles. The predicted molar refractivity (Wildman–Crippen MR) is 73.2 cm³/mol. The van der Waals surface area contributed by atoms with E-state index in [0.717, 1.165) is 21.9 Å². The molecule has 0 unspecified atom stereocenters. The van der Waals surface area contributed by atoms with Crippen molar-refractivity contribution >= 4 is 0 Å². The molecule has 0 aliphatic heterocycles. The first kappa shape index (κ1) is 14.2. The van der Waals surface area contributed by atoms with Crippen LogP contribution in [0.15, 0.2) is 42.6 Å². The van der Waals surface area contributed by atoms with Crippen molar-refractivity contribution in [2.24, 2.45) is 0 Å². The van der Waals surface area contributed by atoms with E-state index in [1.165, 1.54) is 6.20 Å². The van der Waals surface area contributed by atoms with Crippen LogP contribution in [0.1, 0.15) is 11.3 Å². The Bertz CT molecular complexity index is 791. The van der Waals surface area contributed by atoms with Gasteiger partial charge in [-0.2, -0.15) is 18.3 Å². The fourth-order valence-electron chi connectivity index (χ4n) is 1.88. The van der Waals surface area contributed by atoms with Gasteiger partial charge >= 0.3 is 6.18 Å².